The predicted octanol–water partition coefficient (Wildman–Crippen LogP) is 3.86. The Morgan fingerprint density at radius 1 is 1.07 bits per heavy atom. The van der Waals surface area contributed by atoms with Crippen molar-refractivity contribution in [3.8, 4) is 0 Å². The maximum absolute atomic E-state index is 12.9. The second kappa shape index (κ2) is 7.54. The lowest BCUT2D eigenvalue weighted by atomic mass is 9.75. The maximum atomic E-state index is 12.9. The van der Waals surface area contributed by atoms with Gasteiger partial charge in [0.25, 0.3) is 5.56 Å². The molecule has 0 unspecified atom stereocenters. The third kappa shape index (κ3) is 3.47. The van der Waals surface area contributed by atoms with E-state index in [1.165, 1.54) is 37.4 Å². The number of hydrogen-bond donors (Lipinski definition) is 0. The molecule has 0 N–H and O–H groups in total. The smallest absolute Gasteiger partial charge is 0.262 e. The van der Waals surface area contributed by atoms with E-state index in [4.69, 9.17) is 4.98 Å². The Balaban J connectivity index is 1.32. The van der Waals surface area contributed by atoms with Crippen molar-refractivity contribution in [2.75, 3.05) is 18.8 Å². The lowest BCUT2D eigenvalue weighted by Crippen LogP contribution is -2.45. The molecule has 0 spiro atoms. The summed E-state index contributed by atoms with van der Waals surface area (Å²) in [7, 11) is 0. The predicted molar refractivity (Wildman–Crippen MR) is 112 cm³/mol. The van der Waals surface area contributed by atoms with E-state index in [1.54, 1.807) is 0 Å². The summed E-state index contributed by atoms with van der Waals surface area (Å²) in [5, 5.41) is 1.37. The molecule has 0 bridgehead atoms. The summed E-state index contributed by atoms with van der Waals surface area (Å²) in [4.78, 5) is 32.6. The third-order valence-electron chi connectivity index (χ3n) is 6.66. The molecule has 2 aliphatic carbocycles. The van der Waals surface area contributed by atoms with Gasteiger partial charge in [0.1, 0.15) is 0 Å². The zero-order valence-electron chi connectivity index (χ0n) is 16.2. The fourth-order valence-corrected chi connectivity index (χ4v) is 5.90. The van der Waals surface area contributed by atoms with Gasteiger partial charge in [0.2, 0.25) is 5.91 Å². The summed E-state index contributed by atoms with van der Waals surface area (Å²) in [6.07, 6.45) is 8.49. The first-order chi connectivity index (χ1) is 13.7. The van der Waals surface area contributed by atoms with Crippen molar-refractivity contribution >= 4 is 28.6 Å². The van der Waals surface area contributed by atoms with Gasteiger partial charge in [-0.05, 0) is 49.7 Å². The van der Waals surface area contributed by atoms with Gasteiger partial charge in [0, 0.05) is 19.1 Å². The van der Waals surface area contributed by atoms with E-state index in [2.05, 4.69) is 4.90 Å². The largest absolute Gasteiger partial charge is 0.342 e. The van der Waals surface area contributed by atoms with Crippen LogP contribution in [-0.2, 0) is 4.79 Å². The van der Waals surface area contributed by atoms with Crippen LogP contribution in [0.3, 0.4) is 0 Å². The average Bonchev–Trinajstić information content (AvgIpc) is 3.56. The Morgan fingerprint density at radius 3 is 2.68 bits per heavy atom. The molecule has 5 rings (SSSR count). The van der Waals surface area contributed by atoms with Gasteiger partial charge in [-0.2, -0.15) is 0 Å². The lowest BCUT2D eigenvalue weighted by Gasteiger charge is -2.41. The summed E-state index contributed by atoms with van der Waals surface area (Å²) in [5.74, 6) is 2.08. The molecule has 2 saturated carbocycles. The van der Waals surface area contributed by atoms with Crippen molar-refractivity contribution in [1.29, 1.82) is 0 Å². The number of aromatic nitrogens is 2. The van der Waals surface area contributed by atoms with E-state index < -0.39 is 0 Å². The number of para-hydroxylation sites is 1. The normalized spacial score (nSPS) is 24.9. The average molecular weight is 398 g/mol. The summed E-state index contributed by atoms with van der Waals surface area (Å²) in [5.41, 5.74) is 0.758. The number of carbonyl (C=O) groups excluding carboxylic acids is 1. The first kappa shape index (κ1) is 18.2. The number of thioether (sulfide) groups is 1. The quantitative estimate of drug-likeness (QED) is 0.581. The highest BCUT2D eigenvalue weighted by molar-refractivity contribution is 7.99. The molecular formula is C22H27N3O2S. The van der Waals surface area contributed by atoms with Gasteiger partial charge < -0.3 is 4.90 Å². The van der Waals surface area contributed by atoms with E-state index in [9.17, 15) is 9.59 Å². The minimum absolute atomic E-state index is 0.0334. The summed E-state index contributed by atoms with van der Waals surface area (Å²) >= 11 is 1.44. The van der Waals surface area contributed by atoms with Crippen molar-refractivity contribution < 1.29 is 4.79 Å². The summed E-state index contributed by atoms with van der Waals surface area (Å²) in [6.45, 7) is 1.81. The molecule has 1 aromatic heterocycles. The van der Waals surface area contributed by atoms with E-state index >= 15 is 0 Å². The van der Waals surface area contributed by atoms with Crippen LogP contribution in [0.25, 0.3) is 10.9 Å². The zero-order chi connectivity index (χ0) is 19.1. The van der Waals surface area contributed by atoms with Gasteiger partial charge in [-0.15, -0.1) is 0 Å². The minimum Gasteiger partial charge on any atom is -0.342 e. The maximum Gasteiger partial charge on any atom is 0.262 e. The van der Waals surface area contributed by atoms with Crippen molar-refractivity contribution in [1.82, 2.24) is 14.5 Å². The Bertz CT molecular complexity index is 952. The van der Waals surface area contributed by atoms with Crippen LogP contribution in [0.1, 0.15) is 51.0 Å². The monoisotopic (exact) mass is 397 g/mol. The van der Waals surface area contributed by atoms with Crippen molar-refractivity contribution in [3.63, 3.8) is 0 Å². The number of likely N-dealkylation sites (tertiary alicyclic amines) is 1. The highest BCUT2D eigenvalue weighted by atomic mass is 32.2. The van der Waals surface area contributed by atoms with Crippen LogP contribution in [0.2, 0.25) is 0 Å². The van der Waals surface area contributed by atoms with Crippen molar-refractivity contribution in [3.05, 3.63) is 34.6 Å². The van der Waals surface area contributed by atoms with Gasteiger partial charge in [0.15, 0.2) is 5.16 Å². The number of fused-ring (bicyclic) bond motifs is 2. The van der Waals surface area contributed by atoms with Crippen LogP contribution in [-0.4, -0.2) is 39.2 Å². The molecule has 2 aromatic rings. The van der Waals surface area contributed by atoms with Gasteiger partial charge in [-0.25, -0.2) is 4.98 Å². The molecule has 1 aromatic carbocycles. The molecule has 6 heteroatoms. The summed E-state index contributed by atoms with van der Waals surface area (Å²) < 4.78 is 1.83. The SMILES string of the molecule is O=C(CSc1nc2ccccc2c(=O)n1C1CC1)N1CC[C@@H]2CCCC[C@@H]2C1. The first-order valence-corrected chi connectivity index (χ1v) is 11.6. The van der Waals surface area contributed by atoms with E-state index in [-0.39, 0.29) is 17.5 Å². The third-order valence-corrected chi connectivity index (χ3v) is 7.59. The van der Waals surface area contributed by atoms with Crippen LogP contribution in [0.4, 0.5) is 0 Å². The number of carbonyl (C=O) groups is 1. The molecule has 5 nitrogen and oxygen atoms in total. The first-order valence-electron chi connectivity index (χ1n) is 10.6. The Labute approximate surface area is 169 Å². The van der Waals surface area contributed by atoms with E-state index in [0.717, 1.165) is 43.8 Å². The molecule has 3 aliphatic rings. The molecule has 1 saturated heterocycles. The lowest BCUT2D eigenvalue weighted by molar-refractivity contribution is -0.131. The number of amides is 1. The number of piperidine rings is 1. The van der Waals surface area contributed by atoms with Gasteiger partial charge in [0.05, 0.1) is 16.7 Å². The molecular weight excluding hydrogens is 370 g/mol. The molecule has 2 atom stereocenters. The minimum atomic E-state index is 0.0334. The number of benzene rings is 1. The van der Waals surface area contributed by atoms with Crippen LogP contribution in [0.15, 0.2) is 34.2 Å². The van der Waals surface area contributed by atoms with Crippen LogP contribution in [0, 0.1) is 11.8 Å². The Kier molecular flexibility index (Phi) is 4.91. The molecule has 2 heterocycles. The number of rotatable bonds is 4. The Hall–Kier alpha value is -1.82. The number of nitrogens with zero attached hydrogens (tertiary/aromatic N) is 3. The molecule has 0 radical (unpaired) electrons. The van der Waals surface area contributed by atoms with E-state index in [0.29, 0.717) is 22.2 Å². The van der Waals surface area contributed by atoms with Crippen molar-refractivity contribution in [2.24, 2.45) is 11.8 Å². The second-order valence-corrected chi connectivity index (χ2v) is 9.48. The number of hydrogen-bond acceptors (Lipinski definition) is 4. The topological polar surface area (TPSA) is 55.2 Å². The molecule has 1 aliphatic heterocycles. The Morgan fingerprint density at radius 2 is 1.86 bits per heavy atom. The second-order valence-electron chi connectivity index (χ2n) is 8.54. The highest BCUT2D eigenvalue weighted by Crippen LogP contribution is 2.38. The molecule has 1 amide bonds. The molecule has 28 heavy (non-hydrogen) atoms. The standard InChI is InChI=1S/C22H27N3O2S/c26-20(24-12-11-15-5-1-2-6-16(15)13-24)14-28-22-23-19-8-4-3-7-18(19)21(27)25(22)17-9-10-17/h3-4,7-8,15-17H,1-2,5-6,9-14H2/t15-,16+/m0/s1. The van der Waals surface area contributed by atoms with Crippen LogP contribution >= 0.6 is 11.8 Å². The van der Waals surface area contributed by atoms with Gasteiger partial charge >= 0.3 is 0 Å². The zero-order valence-corrected chi connectivity index (χ0v) is 17.0. The fraction of sp³-hybridized carbons (Fsp3) is 0.591. The van der Waals surface area contributed by atoms with Crippen LogP contribution < -0.4 is 5.56 Å². The molecule has 3 fully saturated rings. The fourth-order valence-electron chi connectivity index (χ4n) is 4.93. The van der Waals surface area contributed by atoms with Crippen LogP contribution in [0.5, 0.6) is 0 Å². The highest BCUT2D eigenvalue weighted by Gasteiger charge is 2.33. The van der Waals surface area contributed by atoms with Gasteiger partial charge in [-0.1, -0.05) is 43.2 Å². The molecule has 148 valence electrons. The van der Waals surface area contributed by atoms with E-state index in [1.807, 2.05) is 28.8 Å². The van der Waals surface area contributed by atoms with Gasteiger partial charge in [-0.3, -0.25) is 14.2 Å². The summed E-state index contributed by atoms with van der Waals surface area (Å²) in [6, 6.07) is 7.77. The van der Waals surface area contributed by atoms with Crippen molar-refractivity contribution in [2.45, 2.75) is 56.1 Å².